The van der Waals surface area contributed by atoms with E-state index >= 15 is 0 Å². The number of alkyl carbamates (subject to hydrolysis) is 1. The molecule has 154 valence electrons. The molecule has 0 spiro atoms. The Kier molecular flexibility index (Phi) is 7.00. The summed E-state index contributed by atoms with van der Waals surface area (Å²) in [5.41, 5.74) is 1.17. The molecular formula is C21H21Cl2NO5. The molecule has 3 rings (SSSR count). The summed E-state index contributed by atoms with van der Waals surface area (Å²) < 4.78 is 10.7. The molecule has 8 heteroatoms. The molecule has 0 bridgehead atoms. The van der Waals surface area contributed by atoms with Crippen molar-refractivity contribution in [1.29, 1.82) is 0 Å². The molecule has 0 radical (unpaired) electrons. The number of hydrogen-bond acceptors (Lipinski definition) is 4. The average molecular weight is 438 g/mol. The molecule has 1 heterocycles. The summed E-state index contributed by atoms with van der Waals surface area (Å²) >= 11 is 11.9. The van der Waals surface area contributed by atoms with Crippen molar-refractivity contribution in [3.63, 3.8) is 0 Å². The number of carbonyl (C=O) groups is 2. The zero-order valence-electron chi connectivity index (χ0n) is 15.6. The minimum absolute atomic E-state index is 0.0281. The van der Waals surface area contributed by atoms with Gasteiger partial charge < -0.3 is 19.9 Å². The van der Waals surface area contributed by atoms with Crippen LogP contribution in [0.2, 0.25) is 10.0 Å². The van der Waals surface area contributed by atoms with E-state index < -0.39 is 17.7 Å². The van der Waals surface area contributed by atoms with E-state index in [9.17, 15) is 14.7 Å². The first-order valence-corrected chi connectivity index (χ1v) is 9.93. The number of rotatable bonds is 7. The molecule has 1 saturated heterocycles. The summed E-state index contributed by atoms with van der Waals surface area (Å²) in [7, 11) is 0. The van der Waals surface area contributed by atoms with Crippen LogP contribution >= 0.6 is 23.2 Å². The van der Waals surface area contributed by atoms with E-state index in [0.29, 0.717) is 28.6 Å². The van der Waals surface area contributed by atoms with Gasteiger partial charge in [-0.05, 0) is 36.1 Å². The number of nitrogens with one attached hydrogen (secondary N) is 1. The monoisotopic (exact) mass is 437 g/mol. The van der Waals surface area contributed by atoms with Gasteiger partial charge in [-0.1, -0.05) is 53.5 Å². The maximum Gasteiger partial charge on any atom is 0.407 e. The maximum atomic E-state index is 12.0. The van der Waals surface area contributed by atoms with Crippen LogP contribution < -0.4 is 5.32 Å². The number of benzene rings is 2. The highest BCUT2D eigenvalue weighted by Crippen LogP contribution is 2.30. The minimum atomic E-state index is -1.16. The van der Waals surface area contributed by atoms with Crippen molar-refractivity contribution in [3.05, 3.63) is 69.2 Å². The van der Waals surface area contributed by atoms with Crippen LogP contribution in [0.3, 0.4) is 0 Å². The zero-order chi connectivity index (χ0) is 20.9. The lowest BCUT2D eigenvalue weighted by molar-refractivity contribution is -0.159. The molecule has 2 aromatic carbocycles. The Labute approximate surface area is 178 Å². The Morgan fingerprint density at radius 2 is 1.97 bits per heavy atom. The SMILES string of the molecule is O=C(NCc1cccc(CC2(C(=O)O)CCCO2)c1)OCc1ccc(Cl)cc1Cl. The van der Waals surface area contributed by atoms with Gasteiger partial charge >= 0.3 is 12.1 Å². The third kappa shape index (κ3) is 5.63. The van der Waals surface area contributed by atoms with Crippen LogP contribution in [-0.4, -0.2) is 29.4 Å². The number of amides is 1. The molecule has 2 aromatic rings. The highest BCUT2D eigenvalue weighted by molar-refractivity contribution is 6.35. The van der Waals surface area contributed by atoms with E-state index in [1.54, 1.807) is 18.2 Å². The first-order valence-electron chi connectivity index (χ1n) is 9.18. The van der Waals surface area contributed by atoms with E-state index in [4.69, 9.17) is 32.7 Å². The van der Waals surface area contributed by atoms with Crippen molar-refractivity contribution in [2.45, 2.75) is 38.0 Å². The molecule has 0 aliphatic carbocycles. The van der Waals surface area contributed by atoms with Crippen LogP contribution in [0.4, 0.5) is 4.79 Å². The number of hydrogen-bond donors (Lipinski definition) is 2. The Hall–Kier alpha value is -2.28. The third-order valence-corrected chi connectivity index (χ3v) is 5.37. The van der Waals surface area contributed by atoms with E-state index in [2.05, 4.69) is 5.32 Å². The van der Waals surface area contributed by atoms with Crippen LogP contribution in [0.25, 0.3) is 0 Å². The Morgan fingerprint density at radius 1 is 1.17 bits per heavy atom. The molecular weight excluding hydrogens is 417 g/mol. The van der Waals surface area contributed by atoms with Gasteiger partial charge in [0.1, 0.15) is 6.61 Å². The van der Waals surface area contributed by atoms with Crippen molar-refractivity contribution in [1.82, 2.24) is 5.32 Å². The van der Waals surface area contributed by atoms with Gasteiger partial charge in [-0.25, -0.2) is 9.59 Å². The second-order valence-electron chi connectivity index (χ2n) is 6.91. The van der Waals surface area contributed by atoms with E-state index in [0.717, 1.165) is 17.5 Å². The molecule has 1 aliphatic heterocycles. The summed E-state index contributed by atoms with van der Waals surface area (Å²) in [6.07, 6.45) is 0.930. The Morgan fingerprint density at radius 3 is 2.66 bits per heavy atom. The smallest absolute Gasteiger partial charge is 0.407 e. The number of carboxylic acids is 1. The number of ether oxygens (including phenoxy) is 2. The van der Waals surface area contributed by atoms with Gasteiger partial charge in [0.05, 0.1) is 0 Å². The molecule has 6 nitrogen and oxygen atoms in total. The predicted octanol–water partition coefficient (Wildman–Crippen LogP) is 4.60. The zero-order valence-corrected chi connectivity index (χ0v) is 17.1. The standard InChI is InChI=1S/C21H21Cl2NO5/c22-17-6-5-16(18(23)10-17)13-28-20(27)24-12-15-4-1-3-14(9-15)11-21(19(25)26)7-2-8-29-21/h1,3-6,9-10H,2,7-8,11-13H2,(H,24,27)(H,25,26). The number of aliphatic carboxylic acids is 1. The fraction of sp³-hybridized carbons (Fsp3) is 0.333. The van der Waals surface area contributed by atoms with Crippen LogP contribution in [0.1, 0.15) is 29.5 Å². The summed E-state index contributed by atoms with van der Waals surface area (Å²) in [5, 5.41) is 13.2. The van der Waals surface area contributed by atoms with Gasteiger partial charge in [0.15, 0.2) is 5.60 Å². The number of carboxylic acid groups (broad SMARTS) is 1. The average Bonchev–Trinajstić information content (AvgIpc) is 3.16. The summed E-state index contributed by atoms with van der Waals surface area (Å²) in [4.78, 5) is 23.6. The van der Waals surface area contributed by atoms with Gasteiger partial charge in [0.25, 0.3) is 0 Å². The van der Waals surface area contributed by atoms with Gasteiger partial charge in [-0.15, -0.1) is 0 Å². The molecule has 1 aliphatic rings. The predicted molar refractivity (Wildman–Crippen MR) is 109 cm³/mol. The molecule has 1 fully saturated rings. The quantitative estimate of drug-likeness (QED) is 0.660. The highest BCUT2D eigenvalue weighted by atomic mass is 35.5. The van der Waals surface area contributed by atoms with Crippen LogP contribution in [0.5, 0.6) is 0 Å². The minimum Gasteiger partial charge on any atom is -0.479 e. The number of halogens is 2. The topological polar surface area (TPSA) is 84.9 Å². The van der Waals surface area contributed by atoms with Crippen LogP contribution in [0.15, 0.2) is 42.5 Å². The fourth-order valence-electron chi connectivity index (χ4n) is 3.27. The van der Waals surface area contributed by atoms with Gasteiger partial charge in [0.2, 0.25) is 0 Å². The normalized spacial score (nSPS) is 18.4. The Bertz CT molecular complexity index is 896. The van der Waals surface area contributed by atoms with Gasteiger partial charge in [-0.2, -0.15) is 0 Å². The summed E-state index contributed by atoms with van der Waals surface area (Å²) in [6, 6.07) is 12.4. The molecule has 1 amide bonds. The van der Waals surface area contributed by atoms with Gasteiger partial charge in [0, 0.05) is 35.2 Å². The third-order valence-electron chi connectivity index (χ3n) is 4.78. The van der Waals surface area contributed by atoms with Crippen LogP contribution in [0, 0.1) is 0 Å². The van der Waals surface area contributed by atoms with E-state index in [1.165, 1.54) is 0 Å². The fourth-order valence-corrected chi connectivity index (χ4v) is 3.73. The molecule has 0 aromatic heterocycles. The maximum absolute atomic E-state index is 12.0. The van der Waals surface area contributed by atoms with E-state index in [1.807, 2.05) is 24.3 Å². The van der Waals surface area contributed by atoms with Crippen molar-refractivity contribution in [3.8, 4) is 0 Å². The molecule has 2 N–H and O–H groups in total. The highest BCUT2D eigenvalue weighted by Gasteiger charge is 2.42. The lowest BCUT2D eigenvalue weighted by atomic mass is 9.91. The first-order chi connectivity index (χ1) is 13.9. The van der Waals surface area contributed by atoms with Crippen molar-refractivity contribution < 1.29 is 24.2 Å². The lowest BCUT2D eigenvalue weighted by Gasteiger charge is -2.23. The van der Waals surface area contributed by atoms with Crippen molar-refractivity contribution in [2.24, 2.45) is 0 Å². The first kappa shape index (κ1) is 21.4. The largest absolute Gasteiger partial charge is 0.479 e. The van der Waals surface area contributed by atoms with E-state index in [-0.39, 0.29) is 19.6 Å². The molecule has 1 unspecified atom stereocenters. The lowest BCUT2D eigenvalue weighted by Crippen LogP contribution is -2.40. The summed E-state index contributed by atoms with van der Waals surface area (Å²) in [5.74, 6) is -0.942. The Balaban J connectivity index is 1.53. The van der Waals surface area contributed by atoms with Gasteiger partial charge in [-0.3, -0.25) is 0 Å². The molecule has 1 atom stereocenters. The second kappa shape index (κ2) is 9.48. The second-order valence-corrected chi connectivity index (χ2v) is 7.76. The summed E-state index contributed by atoms with van der Waals surface area (Å²) in [6.45, 7) is 0.735. The van der Waals surface area contributed by atoms with Crippen molar-refractivity contribution in [2.75, 3.05) is 6.61 Å². The number of carbonyl (C=O) groups excluding carboxylic acids is 1. The molecule has 29 heavy (non-hydrogen) atoms. The van der Waals surface area contributed by atoms with Crippen molar-refractivity contribution >= 4 is 35.3 Å². The van der Waals surface area contributed by atoms with Crippen LogP contribution in [-0.2, 0) is 33.8 Å². The molecule has 0 saturated carbocycles.